The Labute approximate surface area is 208 Å². The standard InChI is InChI=1S/C20H17ClF6N6O4/c1-8-3-4-28-15(21)14(8)29-17(35)10-5-11(22)16(30-18(10)37-9(2)20(25,26)27)33-19(36)32(6-12(23)24)13(7-34)31-33/h3-5,9,12,34H,6-7H2,1-2H3,(H,29,35). The fraction of sp³-hybridized carbons (Fsp3) is 0.350. The Morgan fingerprint density at radius 2 is 2.00 bits per heavy atom. The molecular formula is C20H17ClF6N6O4. The smallest absolute Gasteiger partial charge is 0.425 e. The quantitative estimate of drug-likeness (QED) is 0.323. The number of hydrogen-bond donors (Lipinski definition) is 2. The van der Waals surface area contributed by atoms with Crippen molar-refractivity contribution >= 4 is 23.2 Å². The number of ether oxygens (including phenoxy) is 1. The average molecular weight is 555 g/mol. The fourth-order valence-electron chi connectivity index (χ4n) is 2.97. The zero-order valence-corrected chi connectivity index (χ0v) is 19.6. The number of amides is 1. The number of halogens is 7. The van der Waals surface area contributed by atoms with Gasteiger partial charge in [0.15, 0.2) is 28.7 Å². The molecule has 0 aromatic carbocycles. The summed E-state index contributed by atoms with van der Waals surface area (Å²) in [4.78, 5) is 32.8. The van der Waals surface area contributed by atoms with Crippen LogP contribution in [-0.2, 0) is 13.2 Å². The summed E-state index contributed by atoms with van der Waals surface area (Å²) in [6, 6.07) is 1.89. The number of carbonyl (C=O) groups excluding carboxylic acids is 1. The highest BCUT2D eigenvalue weighted by molar-refractivity contribution is 6.32. The van der Waals surface area contributed by atoms with E-state index in [1.165, 1.54) is 19.2 Å². The monoisotopic (exact) mass is 554 g/mol. The zero-order valence-electron chi connectivity index (χ0n) is 18.9. The SMILES string of the molecule is Cc1ccnc(Cl)c1NC(=O)c1cc(F)c(-n2nc(CO)n(CC(F)F)c2=O)nc1OC(C)C(F)(F)F. The molecule has 17 heteroatoms. The summed E-state index contributed by atoms with van der Waals surface area (Å²) in [6.45, 7) is -0.0929. The number of hydrogen-bond acceptors (Lipinski definition) is 7. The van der Waals surface area contributed by atoms with E-state index in [1.807, 2.05) is 0 Å². The Morgan fingerprint density at radius 1 is 1.32 bits per heavy atom. The van der Waals surface area contributed by atoms with Crippen molar-refractivity contribution in [1.82, 2.24) is 24.3 Å². The molecule has 0 aliphatic carbocycles. The van der Waals surface area contributed by atoms with Gasteiger partial charge < -0.3 is 15.2 Å². The Balaban J connectivity index is 2.16. The molecule has 0 bridgehead atoms. The lowest BCUT2D eigenvalue weighted by atomic mass is 10.2. The van der Waals surface area contributed by atoms with Crippen LogP contribution in [0.2, 0.25) is 5.15 Å². The molecule has 0 fully saturated rings. The van der Waals surface area contributed by atoms with Crippen LogP contribution in [0.25, 0.3) is 5.82 Å². The van der Waals surface area contributed by atoms with Gasteiger partial charge in [-0.25, -0.2) is 22.9 Å². The lowest BCUT2D eigenvalue weighted by Gasteiger charge is -2.19. The highest BCUT2D eigenvalue weighted by atomic mass is 35.5. The van der Waals surface area contributed by atoms with E-state index in [9.17, 15) is 36.6 Å². The Morgan fingerprint density at radius 3 is 2.57 bits per heavy atom. The Bertz CT molecular complexity index is 1360. The summed E-state index contributed by atoms with van der Waals surface area (Å²) in [5.41, 5.74) is -1.81. The molecule has 0 aliphatic rings. The summed E-state index contributed by atoms with van der Waals surface area (Å²) < 4.78 is 85.6. The minimum atomic E-state index is -4.94. The minimum Gasteiger partial charge on any atom is -0.464 e. The number of aliphatic hydroxyl groups excluding tert-OH is 1. The van der Waals surface area contributed by atoms with Crippen LogP contribution in [0.15, 0.2) is 23.1 Å². The first kappa shape index (κ1) is 27.9. The normalized spacial score (nSPS) is 12.6. The molecule has 37 heavy (non-hydrogen) atoms. The highest BCUT2D eigenvalue weighted by Gasteiger charge is 2.39. The van der Waals surface area contributed by atoms with Crippen LogP contribution in [0, 0.1) is 12.7 Å². The third kappa shape index (κ3) is 6.02. The summed E-state index contributed by atoms with van der Waals surface area (Å²) >= 11 is 5.95. The second-order valence-corrected chi connectivity index (χ2v) is 7.82. The molecule has 10 nitrogen and oxygen atoms in total. The average Bonchev–Trinajstić information content (AvgIpc) is 3.11. The maximum Gasteiger partial charge on any atom is 0.425 e. The van der Waals surface area contributed by atoms with Crippen molar-refractivity contribution in [3.8, 4) is 11.7 Å². The molecule has 3 aromatic heterocycles. The third-order valence-electron chi connectivity index (χ3n) is 4.87. The van der Waals surface area contributed by atoms with Crippen LogP contribution in [0.5, 0.6) is 5.88 Å². The van der Waals surface area contributed by atoms with E-state index in [-0.39, 0.29) is 15.5 Å². The van der Waals surface area contributed by atoms with Gasteiger partial charge in [0, 0.05) is 6.20 Å². The van der Waals surface area contributed by atoms with Gasteiger partial charge in [-0.2, -0.15) is 22.8 Å². The van der Waals surface area contributed by atoms with E-state index in [2.05, 4.69) is 20.4 Å². The fourth-order valence-corrected chi connectivity index (χ4v) is 3.22. The van der Waals surface area contributed by atoms with Gasteiger partial charge in [-0.05, 0) is 31.5 Å². The number of pyridine rings is 2. The lowest BCUT2D eigenvalue weighted by Crippen LogP contribution is -2.33. The molecule has 0 saturated heterocycles. The number of anilines is 1. The summed E-state index contributed by atoms with van der Waals surface area (Å²) in [7, 11) is 0. The first-order valence-corrected chi connectivity index (χ1v) is 10.6. The van der Waals surface area contributed by atoms with Gasteiger partial charge in [0.05, 0.1) is 12.2 Å². The van der Waals surface area contributed by atoms with E-state index in [0.717, 1.165) is 0 Å². The van der Waals surface area contributed by atoms with E-state index >= 15 is 4.39 Å². The second-order valence-electron chi connectivity index (χ2n) is 7.47. The number of aliphatic hydroxyl groups is 1. The van der Waals surface area contributed by atoms with Gasteiger partial charge in [0.1, 0.15) is 12.2 Å². The van der Waals surface area contributed by atoms with Crippen molar-refractivity contribution in [2.75, 3.05) is 5.32 Å². The highest BCUT2D eigenvalue weighted by Crippen LogP contribution is 2.30. The molecule has 0 spiro atoms. The van der Waals surface area contributed by atoms with Crippen LogP contribution < -0.4 is 15.7 Å². The van der Waals surface area contributed by atoms with Crippen LogP contribution >= 0.6 is 11.6 Å². The minimum absolute atomic E-state index is 0.0250. The number of aromatic nitrogens is 5. The van der Waals surface area contributed by atoms with Crippen LogP contribution in [-0.4, -0.2) is 54.0 Å². The van der Waals surface area contributed by atoms with Crippen molar-refractivity contribution in [2.24, 2.45) is 0 Å². The predicted octanol–water partition coefficient (Wildman–Crippen LogP) is 3.26. The molecule has 2 N–H and O–H groups in total. The van der Waals surface area contributed by atoms with Crippen molar-refractivity contribution in [3.63, 3.8) is 0 Å². The maximum atomic E-state index is 15.1. The van der Waals surface area contributed by atoms with Crippen molar-refractivity contribution in [1.29, 1.82) is 0 Å². The maximum absolute atomic E-state index is 15.1. The van der Waals surface area contributed by atoms with Crippen molar-refractivity contribution in [2.45, 2.75) is 45.7 Å². The van der Waals surface area contributed by atoms with Crippen molar-refractivity contribution < 1.29 is 41.0 Å². The van der Waals surface area contributed by atoms with E-state index in [4.69, 9.17) is 16.3 Å². The molecule has 0 aliphatic heterocycles. The second kappa shape index (κ2) is 10.8. The number of alkyl halides is 5. The van der Waals surface area contributed by atoms with Crippen LogP contribution in [0.3, 0.4) is 0 Å². The Kier molecular flexibility index (Phi) is 8.12. The van der Waals surface area contributed by atoms with Gasteiger partial charge in [0.25, 0.3) is 12.3 Å². The molecular weight excluding hydrogens is 538 g/mol. The number of carbonyl (C=O) groups is 1. The summed E-state index contributed by atoms with van der Waals surface area (Å²) in [5, 5.41) is 15.0. The molecule has 1 unspecified atom stereocenters. The molecule has 1 amide bonds. The molecule has 3 rings (SSSR count). The first-order valence-electron chi connectivity index (χ1n) is 10.2. The van der Waals surface area contributed by atoms with Gasteiger partial charge in [-0.1, -0.05) is 11.6 Å². The number of nitrogens with one attached hydrogen (secondary N) is 1. The molecule has 3 aromatic rings. The lowest BCUT2D eigenvalue weighted by molar-refractivity contribution is -0.190. The topological polar surface area (TPSA) is 124 Å². The largest absolute Gasteiger partial charge is 0.464 e. The third-order valence-corrected chi connectivity index (χ3v) is 5.16. The van der Waals surface area contributed by atoms with E-state index in [0.29, 0.717) is 23.1 Å². The molecule has 1 atom stereocenters. The van der Waals surface area contributed by atoms with Crippen LogP contribution in [0.1, 0.15) is 28.7 Å². The first-order chi connectivity index (χ1) is 17.2. The molecule has 0 radical (unpaired) electrons. The van der Waals surface area contributed by atoms with Gasteiger partial charge in [0.2, 0.25) is 5.88 Å². The van der Waals surface area contributed by atoms with E-state index in [1.54, 1.807) is 0 Å². The van der Waals surface area contributed by atoms with Gasteiger partial charge in [-0.3, -0.25) is 9.36 Å². The Hall–Kier alpha value is -3.66. The zero-order chi connectivity index (χ0) is 27.7. The van der Waals surface area contributed by atoms with Crippen LogP contribution in [0.4, 0.5) is 32.0 Å². The summed E-state index contributed by atoms with van der Waals surface area (Å²) in [6.07, 6.45) is -9.21. The van der Waals surface area contributed by atoms with Gasteiger partial charge in [-0.15, -0.1) is 5.10 Å². The molecule has 200 valence electrons. The number of rotatable bonds is 8. The number of nitrogens with zero attached hydrogens (tertiary/aromatic N) is 5. The number of aryl methyl sites for hydroxylation is 1. The van der Waals surface area contributed by atoms with E-state index < -0.39 is 72.4 Å². The van der Waals surface area contributed by atoms with Gasteiger partial charge >= 0.3 is 11.9 Å². The molecule has 0 saturated carbocycles. The predicted molar refractivity (Wildman–Crippen MR) is 116 cm³/mol. The molecule has 3 heterocycles. The van der Waals surface area contributed by atoms with Crippen molar-refractivity contribution in [3.05, 3.63) is 56.7 Å². The summed E-state index contributed by atoms with van der Waals surface area (Å²) in [5.74, 6) is -5.35.